The minimum atomic E-state index is -1.02. The van der Waals surface area contributed by atoms with Crippen molar-refractivity contribution < 1.29 is 24.2 Å². The fourth-order valence-electron chi connectivity index (χ4n) is 1.82. The van der Waals surface area contributed by atoms with Crippen LogP contribution in [0.4, 0.5) is 5.69 Å². The highest BCUT2D eigenvalue weighted by Gasteiger charge is 2.05. The summed E-state index contributed by atoms with van der Waals surface area (Å²) in [7, 11) is 0. The van der Waals surface area contributed by atoms with Crippen molar-refractivity contribution in [3.63, 3.8) is 0 Å². The number of carbonyl (C=O) groups is 3. The van der Waals surface area contributed by atoms with Gasteiger partial charge < -0.3 is 15.2 Å². The highest BCUT2D eigenvalue weighted by molar-refractivity contribution is 5.92. The molecule has 0 aliphatic heterocycles. The maximum atomic E-state index is 11.8. The van der Waals surface area contributed by atoms with Crippen molar-refractivity contribution in [1.29, 1.82) is 0 Å². The lowest BCUT2D eigenvalue weighted by molar-refractivity contribution is -0.116. The highest BCUT2D eigenvalue weighted by atomic mass is 16.5. The smallest absolute Gasteiger partial charge is 0.335 e. The molecule has 0 aromatic heterocycles. The number of amides is 1. The molecule has 23 heavy (non-hydrogen) atoms. The minimum absolute atomic E-state index is 0.149. The molecule has 0 saturated carbocycles. The van der Waals surface area contributed by atoms with Crippen LogP contribution in [-0.4, -0.2) is 29.9 Å². The van der Waals surface area contributed by atoms with Crippen LogP contribution in [0.5, 0.6) is 5.75 Å². The Morgan fingerprint density at radius 1 is 1.04 bits per heavy atom. The molecule has 2 aromatic carbocycles. The quantitative estimate of drug-likeness (QED) is 0.766. The van der Waals surface area contributed by atoms with Crippen molar-refractivity contribution in [3.05, 3.63) is 59.7 Å². The second kappa shape index (κ2) is 7.74. The third kappa shape index (κ3) is 4.96. The molecule has 6 heteroatoms. The van der Waals surface area contributed by atoms with Gasteiger partial charge in [0.2, 0.25) is 5.91 Å². The van der Waals surface area contributed by atoms with Gasteiger partial charge in [-0.1, -0.05) is 0 Å². The average Bonchev–Trinajstić information content (AvgIpc) is 2.56. The van der Waals surface area contributed by atoms with Gasteiger partial charge in [0.25, 0.3) is 0 Å². The van der Waals surface area contributed by atoms with Gasteiger partial charge in [-0.2, -0.15) is 0 Å². The van der Waals surface area contributed by atoms with Crippen LogP contribution in [0, 0.1) is 0 Å². The van der Waals surface area contributed by atoms with Crippen molar-refractivity contribution in [3.8, 4) is 5.75 Å². The first-order valence-corrected chi connectivity index (χ1v) is 6.90. The van der Waals surface area contributed by atoms with Gasteiger partial charge in [0.05, 0.1) is 18.6 Å². The van der Waals surface area contributed by atoms with Crippen LogP contribution < -0.4 is 10.1 Å². The molecule has 6 nitrogen and oxygen atoms in total. The molecular weight excluding hydrogens is 298 g/mol. The Labute approximate surface area is 132 Å². The number of aromatic carboxylic acids is 1. The van der Waals surface area contributed by atoms with Crippen LogP contribution in [0.15, 0.2) is 48.5 Å². The van der Waals surface area contributed by atoms with E-state index in [1.807, 2.05) is 0 Å². The monoisotopic (exact) mass is 313 g/mol. The SMILES string of the molecule is O=Cc1ccc(OCCC(=O)Nc2ccc(C(=O)O)cc2)cc1. The first-order chi connectivity index (χ1) is 11.1. The van der Waals surface area contributed by atoms with E-state index in [4.69, 9.17) is 9.84 Å². The molecule has 0 heterocycles. The van der Waals surface area contributed by atoms with Crippen molar-refractivity contribution in [2.75, 3.05) is 11.9 Å². The third-order valence-electron chi connectivity index (χ3n) is 3.03. The number of carboxylic acids is 1. The number of carbonyl (C=O) groups excluding carboxylic acids is 2. The van der Waals surface area contributed by atoms with Gasteiger partial charge in [-0.3, -0.25) is 9.59 Å². The standard InChI is InChI=1S/C17H15NO5/c19-11-12-1-7-15(8-2-12)23-10-9-16(20)18-14-5-3-13(4-6-14)17(21)22/h1-8,11H,9-10H2,(H,18,20)(H,21,22). The zero-order valence-electron chi connectivity index (χ0n) is 12.2. The number of carboxylic acid groups (broad SMARTS) is 1. The zero-order chi connectivity index (χ0) is 16.7. The first kappa shape index (κ1) is 16.2. The largest absolute Gasteiger partial charge is 0.493 e. The van der Waals surface area contributed by atoms with Crippen LogP contribution in [-0.2, 0) is 4.79 Å². The lowest BCUT2D eigenvalue weighted by Gasteiger charge is -2.07. The summed E-state index contributed by atoms with van der Waals surface area (Å²) >= 11 is 0. The van der Waals surface area contributed by atoms with Gasteiger partial charge in [-0.25, -0.2) is 4.79 Å². The number of hydrogen-bond acceptors (Lipinski definition) is 4. The summed E-state index contributed by atoms with van der Waals surface area (Å²) in [4.78, 5) is 33.0. The number of hydrogen-bond donors (Lipinski definition) is 2. The van der Waals surface area contributed by atoms with E-state index in [9.17, 15) is 14.4 Å². The normalized spacial score (nSPS) is 9.91. The summed E-state index contributed by atoms with van der Waals surface area (Å²) < 4.78 is 5.41. The molecule has 0 atom stereocenters. The first-order valence-electron chi connectivity index (χ1n) is 6.90. The van der Waals surface area contributed by atoms with Gasteiger partial charge >= 0.3 is 5.97 Å². The van der Waals surface area contributed by atoms with E-state index < -0.39 is 5.97 Å². The molecule has 1 amide bonds. The van der Waals surface area contributed by atoms with Crippen molar-refractivity contribution in [2.24, 2.45) is 0 Å². The van der Waals surface area contributed by atoms with Gasteiger partial charge in [0.15, 0.2) is 0 Å². The number of nitrogens with one attached hydrogen (secondary N) is 1. The lowest BCUT2D eigenvalue weighted by atomic mass is 10.2. The Hall–Kier alpha value is -3.15. The summed E-state index contributed by atoms with van der Waals surface area (Å²) in [5, 5.41) is 11.4. The maximum absolute atomic E-state index is 11.8. The molecule has 2 rings (SSSR count). The fourth-order valence-corrected chi connectivity index (χ4v) is 1.82. The molecule has 0 spiro atoms. The van der Waals surface area contributed by atoms with Crippen LogP contribution >= 0.6 is 0 Å². The number of anilines is 1. The molecule has 0 unspecified atom stereocenters. The molecule has 0 radical (unpaired) electrons. The minimum Gasteiger partial charge on any atom is -0.493 e. The predicted molar refractivity (Wildman–Crippen MR) is 84.0 cm³/mol. The summed E-state index contributed by atoms with van der Waals surface area (Å²) in [6.07, 6.45) is 0.892. The number of rotatable bonds is 7. The topological polar surface area (TPSA) is 92.7 Å². The van der Waals surface area contributed by atoms with Crippen LogP contribution in [0.25, 0.3) is 0 Å². The van der Waals surface area contributed by atoms with E-state index in [-0.39, 0.29) is 24.5 Å². The van der Waals surface area contributed by atoms with E-state index in [1.165, 1.54) is 24.3 Å². The Balaban J connectivity index is 1.78. The summed E-state index contributed by atoms with van der Waals surface area (Å²) in [6, 6.07) is 12.5. The van der Waals surface area contributed by atoms with E-state index >= 15 is 0 Å². The molecule has 0 bridgehead atoms. The summed E-state index contributed by atoms with van der Waals surface area (Å²) in [5.41, 5.74) is 1.24. The fraction of sp³-hybridized carbons (Fsp3) is 0.118. The van der Waals surface area contributed by atoms with Crippen molar-refractivity contribution >= 4 is 23.9 Å². The van der Waals surface area contributed by atoms with Crippen LogP contribution in [0.2, 0.25) is 0 Å². The molecule has 2 N–H and O–H groups in total. The number of aldehydes is 1. The zero-order valence-corrected chi connectivity index (χ0v) is 12.2. The summed E-state index contributed by atoms with van der Waals surface area (Å²) in [6.45, 7) is 0.194. The maximum Gasteiger partial charge on any atom is 0.335 e. The second-order valence-corrected chi connectivity index (χ2v) is 4.72. The number of ether oxygens (including phenoxy) is 1. The molecule has 2 aromatic rings. The Morgan fingerprint density at radius 2 is 1.70 bits per heavy atom. The van der Waals surface area contributed by atoms with Crippen molar-refractivity contribution in [1.82, 2.24) is 0 Å². The van der Waals surface area contributed by atoms with Gasteiger partial charge in [0.1, 0.15) is 12.0 Å². The average molecular weight is 313 g/mol. The van der Waals surface area contributed by atoms with E-state index in [2.05, 4.69) is 5.32 Å². The van der Waals surface area contributed by atoms with E-state index in [1.54, 1.807) is 24.3 Å². The lowest BCUT2D eigenvalue weighted by Crippen LogP contribution is -2.15. The third-order valence-corrected chi connectivity index (χ3v) is 3.03. The Bertz CT molecular complexity index is 692. The molecule has 0 saturated heterocycles. The Morgan fingerprint density at radius 3 is 2.26 bits per heavy atom. The van der Waals surface area contributed by atoms with E-state index in [0.717, 1.165) is 6.29 Å². The van der Waals surface area contributed by atoms with Gasteiger partial charge in [0, 0.05) is 11.3 Å². The van der Waals surface area contributed by atoms with Gasteiger partial charge in [-0.05, 0) is 48.5 Å². The van der Waals surface area contributed by atoms with Gasteiger partial charge in [-0.15, -0.1) is 0 Å². The molecular formula is C17H15NO5. The molecule has 0 aliphatic rings. The summed E-state index contributed by atoms with van der Waals surface area (Å²) in [5.74, 6) is -0.677. The second-order valence-electron chi connectivity index (χ2n) is 4.72. The highest BCUT2D eigenvalue weighted by Crippen LogP contribution is 2.12. The van der Waals surface area contributed by atoms with Crippen LogP contribution in [0.1, 0.15) is 27.1 Å². The number of benzene rings is 2. The van der Waals surface area contributed by atoms with Crippen molar-refractivity contribution in [2.45, 2.75) is 6.42 Å². The molecule has 0 fully saturated rings. The van der Waals surface area contributed by atoms with Crippen LogP contribution in [0.3, 0.4) is 0 Å². The Kier molecular flexibility index (Phi) is 5.46. The molecule has 118 valence electrons. The predicted octanol–water partition coefficient (Wildman–Crippen LogP) is 2.60. The molecule has 0 aliphatic carbocycles. The van der Waals surface area contributed by atoms with E-state index in [0.29, 0.717) is 17.0 Å².